The third-order valence-corrected chi connectivity index (χ3v) is 5.49. The van der Waals surface area contributed by atoms with Gasteiger partial charge in [0.2, 0.25) is 11.8 Å². The highest BCUT2D eigenvalue weighted by atomic mass is 19.1. The topological polar surface area (TPSA) is 141 Å². The van der Waals surface area contributed by atoms with Gasteiger partial charge in [-0.05, 0) is 29.3 Å². The van der Waals surface area contributed by atoms with Crippen LogP contribution in [0, 0.1) is 11.3 Å². The summed E-state index contributed by atoms with van der Waals surface area (Å²) in [5.41, 5.74) is 14.9. The number of halogens is 1. The van der Waals surface area contributed by atoms with Crippen molar-refractivity contribution in [2.24, 2.45) is 10.8 Å². The highest BCUT2D eigenvalue weighted by Crippen LogP contribution is 2.29. The summed E-state index contributed by atoms with van der Waals surface area (Å²) in [6, 6.07) is 11.6. The number of carbonyl (C=O) groups is 3. The highest BCUT2D eigenvalue weighted by molar-refractivity contribution is 5.90. The van der Waals surface area contributed by atoms with E-state index in [0.29, 0.717) is 16.8 Å². The summed E-state index contributed by atoms with van der Waals surface area (Å²) in [4.78, 5) is 38.0. The maximum atomic E-state index is 15.0. The fourth-order valence-electron chi connectivity index (χ4n) is 3.61. The number of nitrogens with zero attached hydrogens (tertiary/aromatic N) is 3. The lowest BCUT2D eigenvalue weighted by molar-refractivity contribution is -0.129. The van der Waals surface area contributed by atoms with Gasteiger partial charge >= 0.3 is 6.09 Å². The zero-order chi connectivity index (χ0) is 25.5. The molecule has 0 bridgehead atoms. The zero-order valence-electron chi connectivity index (χ0n) is 19.5. The minimum absolute atomic E-state index is 0.109. The Morgan fingerprint density at radius 3 is 2.57 bits per heavy atom. The Morgan fingerprint density at radius 1 is 1.29 bits per heavy atom. The molecule has 10 nitrogen and oxygen atoms in total. The standard InChI is InChI=1S/C24H27FN6O4/c1-15(32)28-11-21-14-31(24(34)35-21)20-7-8-22(23(25)9-20)18-5-3-17(4-6-18)12-30(16(2)33)13-19(10-26)29-27/h3-10,21,27H,11-14,26H2,1-2H3,(H,28,32)/b19-10-,29-27?/t21-/m0/s1. The number of ether oxygens (including phenoxy) is 1. The first-order valence-electron chi connectivity index (χ1n) is 10.9. The van der Waals surface area contributed by atoms with Crippen molar-refractivity contribution in [3.05, 3.63) is 65.7 Å². The van der Waals surface area contributed by atoms with Crippen LogP contribution in [0.15, 0.2) is 59.5 Å². The van der Waals surface area contributed by atoms with Crippen molar-refractivity contribution in [2.45, 2.75) is 26.5 Å². The number of carbonyl (C=O) groups excluding carboxylic acids is 3. The number of hydrogen-bond donors (Lipinski definition) is 3. The summed E-state index contributed by atoms with van der Waals surface area (Å²) in [6.07, 6.45) is 0.0731. The van der Waals surface area contributed by atoms with Gasteiger partial charge in [-0.15, -0.1) is 0 Å². The smallest absolute Gasteiger partial charge is 0.414 e. The Labute approximate surface area is 202 Å². The van der Waals surface area contributed by atoms with Crippen molar-refractivity contribution in [3.63, 3.8) is 0 Å². The van der Waals surface area contributed by atoms with Crippen LogP contribution in [-0.2, 0) is 20.9 Å². The van der Waals surface area contributed by atoms with E-state index in [9.17, 15) is 18.8 Å². The van der Waals surface area contributed by atoms with Crippen LogP contribution in [0.4, 0.5) is 14.9 Å². The second-order valence-electron chi connectivity index (χ2n) is 8.06. The lowest BCUT2D eigenvalue weighted by atomic mass is 10.0. The third-order valence-electron chi connectivity index (χ3n) is 5.49. The van der Waals surface area contributed by atoms with E-state index < -0.39 is 18.0 Å². The third kappa shape index (κ3) is 6.40. The SMILES string of the molecule is CC(=O)NC[C@H]1CN(c2ccc(-c3ccc(CN(C/C(=C/N)N=N)C(C)=O)cc3)c(F)c2)C(=O)O1. The molecule has 2 aromatic rings. The fourth-order valence-corrected chi connectivity index (χ4v) is 3.61. The van der Waals surface area contributed by atoms with E-state index in [0.717, 1.165) is 5.56 Å². The van der Waals surface area contributed by atoms with Crippen LogP contribution in [0.25, 0.3) is 11.1 Å². The van der Waals surface area contributed by atoms with Crippen molar-refractivity contribution < 1.29 is 23.5 Å². The van der Waals surface area contributed by atoms with Gasteiger partial charge < -0.3 is 20.7 Å². The average molecular weight is 483 g/mol. The molecule has 35 heavy (non-hydrogen) atoms. The molecule has 0 unspecified atom stereocenters. The molecule has 11 heteroatoms. The summed E-state index contributed by atoms with van der Waals surface area (Å²) < 4.78 is 20.2. The fraction of sp³-hybridized carbons (Fsp3) is 0.292. The summed E-state index contributed by atoms with van der Waals surface area (Å²) >= 11 is 0. The summed E-state index contributed by atoms with van der Waals surface area (Å²) in [5, 5.41) is 5.90. The molecule has 1 fully saturated rings. The molecule has 0 saturated carbocycles. The molecule has 0 aromatic heterocycles. The molecule has 184 valence electrons. The second-order valence-corrected chi connectivity index (χ2v) is 8.06. The second kappa shape index (κ2) is 11.2. The number of cyclic esters (lactones) is 1. The molecular formula is C24H27FN6O4. The van der Waals surface area contributed by atoms with E-state index in [1.54, 1.807) is 36.4 Å². The van der Waals surface area contributed by atoms with Crippen molar-refractivity contribution >= 4 is 23.6 Å². The molecule has 4 N–H and O–H groups in total. The van der Waals surface area contributed by atoms with E-state index in [2.05, 4.69) is 10.4 Å². The van der Waals surface area contributed by atoms with E-state index >= 15 is 0 Å². The number of hydrogen-bond acceptors (Lipinski definition) is 7. The molecule has 2 aromatic carbocycles. The number of nitrogens with two attached hydrogens (primary N) is 1. The van der Waals surface area contributed by atoms with E-state index in [1.807, 2.05) is 0 Å². The van der Waals surface area contributed by atoms with Crippen molar-refractivity contribution in [1.29, 1.82) is 5.53 Å². The maximum Gasteiger partial charge on any atom is 0.414 e. The number of benzene rings is 2. The summed E-state index contributed by atoms with van der Waals surface area (Å²) in [5.74, 6) is -0.928. The lowest BCUT2D eigenvalue weighted by Gasteiger charge is -2.21. The zero-order valence-corrected chi connectivity index (χ0v) is 19.5. The van der Waals surface area contributed by atoms with Crippen molar-refractivity contribution in [3.8, 4) is 11.1 Å². The number of anilines is 1. The van der Waals surface area contributed by atoms with Gasteiger partial charge in [-0.1, -0.05) is 24.3 Å². The summed E-state index contributed by atoms with van der Waals surface area (Å²) in [7, 11) is 0. The highest BCUT2D eigenvalue weighted by Gasteiger charge is 2.32. The average Bonchev–Trinajstić information content (AvgIpc) is 3.21. The van der Waals surface area contributed by atoms with Gasteiger partial charge in [0.25, 0.3) is 0 Å². The van der Waals surface area contributed by atoms with E-state index in [4.69, 9.17) is 16.0 Å². The molecule has 1 atom stereocenters. The minimum atomic E-state index is -0.599. The normalized spacial score (nSPS) is 15.5. The quantitative estimate of drug-likeness (QED) is 0.471. The molecule has 0 aliphatic carbocycles. The first kappa shape index (κ1) is 25.3. The van der Waals surface area contributed by atoms with Crippen LogP contribution in [0.5, 0.6) is 0 Å². The molecule has 1 saturated heterocycles. The minimum Gasteiger partial charge on any atom is -0.442 e. The van der Waals surface area contributed by atoms with Gasteiger partial charge in [0.15, 0.2) is 0 Å². The van der Waals surface area contributed by atoms with Gasteiger partial charge in [-0.25, -0.2) is 14.7 Å². The maximum absolute atomic E-state index is 15.0. The first-order chi connectivity index (χ1) is 16.7. The Balaban J connectivity index is 1.71. The number of rotatable bonds is 9. The summed E-state index contributed by atoms with van der Waals surface area (Å²) in [6.45, 7) is 3.57. The van der Waals surface area contributed by atoms with Gasteiger partial charge in [0.05, 0.1) is 31.0 Å². The first-order valence-corrected chi connectivity index (χ1v) is 10.9. The molecule has 0 radical (unpaired) electrons. The molecular weight excluding hydrogens is 455 g/mol. The molecule has 1 aliphatic rings. The molecule has 0 spiro atoms. The monoisotopic (exact) mass is 482 g/mol. The Hall–Kier alpha value is -4.28. The predicted octanol–water partition coefficient (Wildman–Crippen LogP) is 3.13. The van der Waals surface area contributed by atoms with Crippen LogP contribution in [0.1, 0.15) is 19.4 Å². The molecule has 3 rings (SSSR count). The Bertz CT molecular complexity index is 1150. The van der Waals surface area contributed by atoms with Crippen LogP contribution < -0.4 is 16.0 Å². The number of amides is 3. The van der Waals surface area contributed by atoms with Crippen molar-refractivity contribution in [1.82, 2.24) is 10.2 Å². The van der Waals surface area contributed by atoms with Gasteiger partial charge in [-0.3, -0.25) is 14.5 Å². The van der Waals surface area contributed by atoms with Crippen LogP contribution in [0.2, 0.25) is 0 Å². The number of nitrogens with one attached hydrogen (secondary N) is 2. The Kier molecular flexibility index (Phi) is 8.13. The Morgan fingerprint density at radius 2 is 2.00 bits per heavy atom. The molecule has 3 amide bonds. The van der Waals surface area contributed by atoms with E-state index in [-0.39, 0.29) is 43.7 Å². The predicted molar refractivity (Wildman–Crippen MR) is 127 cm³/mol. The van der Waals surface area contributed by atoms with Crippen molar-refractivity contribution in [2.75, 3.05) is 24.5 Å². The van der Waals surface area contributed by atoms with Crippen LogP contribution in [0.3, 0.4) is 0 Å². The molecule has 1 aliphatic heterocycles. The largest absolute Gasteiger partial charge is 0.442 e. The van der Waals surface area contributed by atoms with Gasteiger partial charge in [0.1, 0.15) is 11.9 Å². The van der Waals surface area contributed by atoms with Gasteiger partial charge in [0, 0.05) is 32.2 Å². The molecule has 1 heterocycles. The lowest BCUT2D eigenvalue weighted by Crippen LogP contribution is -2.33. The van der Waals surface area contributed by atoms with Gasteiger partial charge in [-0.2, -0.15) is 5.11 Å². The van der Waals surface area contributed by atoms with Crippen LogP contribution in [-0.4, -0.2) is 48.5 Å². The van der Waals surface area contributed by atoms with E-state index in [1.165, 1.54) is 35.9 Å². The van der Waals surface area contributed by atoms with Crippen LogP contribution >= 0.6 is 0 Å².